The monoisotopic (exact) mass is 307 g/mol. The molecular formula is C13H10FN3OS2. The van der Waals surface area contributed by atoms with Gasteiger partial charge < -0.3 is 4.52 Å². The number of nitriles is 1. The number of hydrogen-bond donors (Lipinski definition) is 0. The molecule has 1 aromatic heterocycles. The summed E-state index contributed by atoms with van der Waals surface area (Å²) in [4.78, 5) is 4.32. The Bertz CT molecular complexity index is 662. The van der Waals surface area contributed by atoms with Crippen LogP contribution in [0.5, 0.6) is 0 Å². The van der Waals surface area contributed by atoms with Gasteiger partial charge in [-0.2, -0.15) is 22.0 Å². The molecule has 0 bridgehead atoms. The van der Waals surface area contributed by atoms with Crippen molar-refractivity contribution in [3.8, 4) is 17.5 Å². The van der Waals surface area contributed by atoms with Gasteiger partial charge in [-0.3, -0.25) is 0 Å². The van der Waals surface area contributed by atoms with E-state index in [1.165, 1.54) is 12.1 Å². The van der Waals surface area contributed by atoms with Crippen molar-refractivity contribution in [2.24, 2.45) is 0 Å². The molecule has 7 heteroatoms. The molecule has 1 saturated heterocycles. The van der Waals surface area contributed by atoms with E-state index in [4.69, 9.17) is 9.78 Å². The van der Waals surface area contributed by atoms with Crippen LogP contribution in [-0.2, 0) is 0 Å². The quantitative estimate of drug-likeness (QED) is 0.848. The summed E-state index contributed by atoms with van der Waals surface area (Å²) in [6.45, 7) is 0. The average Bonchev–Trinajstić information content (AvgIpc) is 2.97. The van der Waals surface area contributed by atoms with E-state index in [1.54, 1.807) is 17.8 Å². The summed E-state index contributed by atoms with van der Waals surface area (Å²) in [5.74, 6) is 3.37. The number of thioether (sulfide) groups is 2. The molecule has 102 valence electrons. The summed E-state index contributed by atoms with van der Waals surface area (Å²) < 4.78 is 18.8. The maximum atomic E-state index is 13.6. The first-order valence-corrected chi connectivity index (χ1v) is 8.22. The van der Waals surface area contributed by atoms with Gasteiger partial charge in [0.1, 0.15) is 17.4 Å². The molecule has 0 spiro atoms. The molecule has 2 aromatic rings. The molecule has 1 unspecified atom stereocenters. The van der Waals surface area contributed by atoms with Gasteiger partial charge in [0.2, 0.25) is 0 Å². The van der Waals surface area contributed by atoms with Crippen molar-refractivity contribution in [2.75, 3.05) is 17.3 Å². The number of hydrogen-bond acceptors (Lipinski definition) is 6. The van der Waals surface area contributed by atoms with E-state index in [0.717, 1.165) is 17.3 Å². The zero-order valence-electron chi connectivity index (χ0n) is 10.4. The molecule has 3 rings (SSSR count). The highest BCUT2D eigenvalue weighted by Crippen LogP contribution is 2.36. The van der Waals surface area contributed by atoms with Crippen molar-refractivity contribution < 1.29 is 8.91 Å². The van der Waals surface area contributed by atoms with E-state index < -0.39 is 5.82 Å². The second kappa shape index (κ2) is 5.85. The van der Waals surface area contributed by atoms with Crippen LogP contribution < -0.4 is 0 Å². The lowest BCUT2D eigenvalue weighted by atomic mass is 10.1. The summed E-state index contributed by atoms with van der Waals surface area (Å²) >= 11 is 3.65. The van der Waals surface area contributed by atoms with E-state index in [9.17, 15) is 4.39 Å². The molecule has 0 N–H and O–H groups in total. The summed E-state index contributed by atoms with van der Waals surface area (Å²) in [6.07, 6.45) is 0. The smallest absolute Gasteiger partial charge is 0.259 e. The van der Waals surface area contributed by atoms with Crippen LogP contribution in [0.1, 0.15) is 16.6 Å². The lowest BCUT2D eigenvalue weighted by Gasteiger charge is -2.16. The predicted octanol–water partition coefficient (Wildman–Crippen LogP) is 3.27. The van der Waals surface area contributed by atoms with Crippen molar-refractivity contribution in [2.45, 2.75) is 5.25 Å². The summed E-state index contributed by atoms with van der Waals surface area (Å²) in [7, 11) is 0. The van der Waals surface area contributed by atoms with Crippen molar-refractivity contribution >= 4 is 23.5 Å². The molecular weight excluding hydrogens is 297 g/mol. The van der Waals surface area contributed by atoms with Gasteiger partial charge in [-0.1, -0.05) is 11.2 Å². The van der Waals surface area contributed by atoms with Gasteiger partial charge in [0.15, 0.2) is 5.82 Å². The topological polar surface area (TPSA) is 62.7 Å². The van der Waals surface area contributed by atoms with Crippen molar-refractivity contribution in [1.29, 1.82) is 5.26 Å². The predicted molar refractivity (Wildman–Crippen MR) is 76.9 cm³/mol. The van der Waals surface area contributed by atoms with Gasteiger partial charge in [0.05, 0.1) is 10.8 Å². The first-order chi connectivity index (χ1) is 9.79. The van der Waals surface area contributed by atoms with E-state index in [2.05, 4.69) is 10.1 Å². The summed E-state index contributed by atoms with van der Waals surface area (Å²) in [6, 6.07) is 6.22. The lowest BCUT2D eigenvalue weighted by Crippen LogP contribution is -2.07. The standard InChI is InChI=1S/C13H10FN3OS2/c14-10-3-1-2-8(9(10)6-15)13-16-12(17-18-13)11-7-19-4-5-20-11/h1-3,11H,4-5,7H2. The lowest BCUT2D eigenvalue weighted by molar-refractivity contribution is 0.422. The third kappa shape index (κ3) is 2.53. The molecule has 20 heavy (non-hydrogen) atoms. The number of halogens is 1. The Balaban J connectivity index is 1.94. The van der Waals surface area contributed by atoms with E-state index >= 15 is 0 Å². The van der Waals surface area contributed by atoms with Gasteiger partial charge >= 0.3 is 0 Å². The highest BCUT2D eigenvalue weighted by molar-refractivity contribution is 8.06. The average molecular weight is 307 g/mol. The number of nitrogens with zero attached hydrogens (tertiary/aromatic N) is 3. The molecule has 0 amide bonds. The molecule has 1 fully saturated rings. The molecule has 1 aliphatic rings. The molecule has 1 aromatic carbocycles. The third-order valence-corrected chi connectivity index (χ3v) is 5.65. The Kier molecular flexibility index (Phi) is 3.94. The Morgan fingerprint density at radius 3 is 3.05 bits per heavy atom. The van der Waals surface area contributed by atoms with Gasteiger partial charge in [0, 0.05) is 17.3 Å². The van der Waals surface area contributed by atoms with E-state index in [-0.39, 0.29) is 16.7 Å². The first-order valence-electron chi connectivity index (χ1n) is 6.01. The Morgan fingerprint density at radius 2 is 2.30 bits per heavy atom. The van der Waals surface area contributed by atoms with Crippen LogP contribution in [-0.4, -0.2) is 27.4 Å². The summed E-state index contributed by atoms with van der Waals surface area (Å²) in [5.41, 5.74) is 0.285. The highest BCUT2D eigenvalue weighted by atomic mass is 32.2. The second-order valence-electron chi connectivity index (χ2n) is 4.17. The zero-order chi connectivity index (χ0) is 13.9. The van der Waals surface area contributed by atoms with Gasteiger partial charge in [-0.15, -0.1) is 11.8 Å². The van der Waals surface area contributed by atoms with Gasteiger partial charge in [0.25, 0.3) is 5.89 Å². The van der Waals surface area contributed by atoms with E-state index in [0.29, 0.717) is 11.4 Å². The van der Waals surface area contributed by atoms with Gasteiger partial charge in [-0.05, 0) is 12.1 Å². The minimum absolute atomic E-state index is 0.0617. The minimum atomic E-state index is -0.577. The number of aromatic nitrogens is 2. The second-order valence-corrected chi connectivity index (χ2v) is 6.63. The van der Waals surface area contributed by atoms with E-state index in [1.807, 2.05) is 17.8 Å². The summed E-state index contributed by atoms with van der Waals surface area (Å²) in [5, 5.41) is 13.2. The van der Waals surface area contributed by atoms with Crippen LogP contribution in [0.3, 0.4) is 0 Å². The fraction of sp³-hybridized carbons (Fsp3) is 0.308. The zero-order valence-corrected chi connectivity index (χ0v) is 12.0. The maximum absolute atomic E-state index is 13.6. The van der Waals surface area contributed by atoms with Gasteiger partial charge in [-0.25, -0.2) is 4.39 Å². The Labute approximate surface area is 123 Å². The molecule has 0 saturated carbocycles. The highest BCUT2D eigenvalue weighted by Gasteiger charge is 2.23. The van der Waals surface area contributed by atoms with Crippen LogP contribution in [0.25, 0.3) is 11.5 Å². The molecule has 1 atom stereocenters. The fourth-order valence-corrected chi connectivity index (χ4v) is 4.52. The number of benzene rings is 1. The van der Waals surface area contributed by atoms with Crippen molar-refractivity contribution in [1.82, 2.24) is 10.1 Å². The maximum Gasteiger partial charge on any atom is 0.259 e. The Hall–Kier alpha value is -1.52. The van der Waals surface area contributed by atoms with Crippen molar-refractivity contribution in [3.63, 3.8) is 0 Å². The minimum Gasteiger partial charge on any atom is -0.334 e. The SMILES string of the molecule is N#Cc1c(F)cccc1-c1nc(C2CSCCS2)no1. The molecule has 0 radical (unpaired) electrons. The largest absolute Gasteiger partial charge is 0.334 e. The fourth-order valence-electron chi connectivity index (χ4n) is 1.93. The van der Waals surface area contributed by atoms with Crippen LogP contribution >= 0.6 is 23.5 Å². The molecule has 2 heterocycles. The normalized spacial score (nSPS) is 18.7. The van der Waals surface area contributed by atoms with Crippen LogP contribution in [0.15, 0.2) is 22.7 Å². The molecule has 1 aliphatic heterocycles. The molecule has 0 aliphatic carbocycles. The van der Waals surface area contributed by atoms with Crippen LogP contribution in [0.4, 0.5) is 4.39 Å². The number of rotatable bonds is 2. The van der Waals surface area contributed by atoms with Crippen LogP contribution in [0.2, 0.25) is 0 Å². The van der Waals surface area contributed by atoms with Crippen LogP contribution in [0, 0.1) is 17.1 Å². The first kappa shape index (κ1) is 13.5. The van der Waals surface area contributed by atoms with Crippen molar-refractivity contribution in [3.05, 3.63) is 35.4 Å². The molecule has 4 nitrogen and oxygen atoms in total. The Morgan fingerprint density at radius 1 is 1.40 bits per heavy atom. The third-order valence-electron chi connectivity index (χ3n) is 2.90.